The molecule has 3 N–H and O–H groups in total. The van der Waals surface area contributed by atoms with Crippen LogP contribution in [0.5, 0.6) is 0 Å². The summed E-state index contributed by atoms with van der Waals surface area (Å²) in [5, 5.41) is 23.5. The highest BCUT2D eigenvalue weighted by Gasteiger charge is 2.20. The van der Waals surface area contributed by atoms with E-state index in [1.807, 2.05) is 0 Å². The summed E-state index contributed by atoms with van der Waals surface area (Å²) in [6.07, 6.45) is 104. The summed E-state index contributed by atoms with van der Waals surface area (Å²) in [6.45, 7) is 5.03. The lowest BCUT2D eigenvalue weighted by Gasteiger charge is -2.22. The van der Waals surface area contributed by atoms with E-state index in [1.54, 1.807) is 0 Å². The van der Waals surface area contributed by atoms with Crippen molar-refractivity contribution >= 4 is 11.9 Å². The van der Waals surface area contributed by atoms with Gasteiger partial charge in [-0.25, -0.2) is 0 Å². The van der Waals surface area contributed by atoms with E-state index >= 15 is 0 Å². The second-order valence-electron chi connectivity index (χ2n) is 30.2. The fraction of sp³-hybridized carbons (Fsp3) is 0.977. The van der Waals surface area contributed by atoms with Crippen LogP contribution in [0.3, 0.4) is 0 Å². The maximum Gasteiger partial charge on any atom is 0.305 e. The van der Waals surface area contributed by atoms with E-state index in [2.05, 4.69) is 19.2 Å². The molecule has 0 spiro atoms. The second kappa shape index (κ2) is 82.3. The van der Waals surface area contributed by atoms with Gasteiger partial charge in [0.15, 0.2) is 0 Å². The van der Waals surface area contributed by atoms with E-state index in [4.69, 9.17) is 4.74 Å². The van der Waals surface area contributed by atoms with Gasteiger partial charge in [-0.15, -0.1) is 0 Å². The molecule has 550 valence electrons. The SMILES string of the molecule is CCCCCCCCCCCCCCCCCCCCCCCCCCCC(O)C(CO)NC(=O)CCCCCCCCCCCCCCCCCCCCCCCCCCCCCCCCCCOC(=O)CCCCCCCCCCCCCCCCCCCC. The van der Waals surface area contributed by atoms with Gasteiger partial charge in [0.25, 0.3) is 0 Å². The molecule has 0 bridgehead atoms. The van der Waals surface area contributed by atoms with Crippen molar-refractivity contribution in [3.8, 4) is 0 Å². The van der Waals surface area contributed by atoms with Gasteiger partial charge < -0.3 is 20.3 Å². The Morgan fingerprint density at radius 1 is 0.261 bits per heavy atom. The van der Waals surface area contributed by atoms with Crippen molar-refractivity contribution in [3.63, 3.8) is 0 Å². The van der Waals surface area contributed by atoms with Crippen LogP contribution in [-0.4, -0.2) is 47.4 Å². The minimum absolute atomic E-state index is 0.0232. The third kappa shape index (κ3) is 77.9. The van der Waals surface area contributed by atoms with Crippen LogP contribution in [0.15, 0.2) is 0 Å². The quantitative estimate of drug-likeness (QED) is 0.0417. The van der Waals surface area contributed by atoms with Gasteiger partial charge in [-0.05, 0) is 25.7 Å². The van der Waals surface area contributed by atoms with Gasteiger partial charge in [-0.2, -0.15) is 0 Å². The first-order valence-electron chi connectivity index (χ1n) is 43.3. The van der Waals surface area contributed by atoms with Crippen LogP contribution in [-0.2, 0) is 14.3 Å². The van der Waals surface area contributed by atoms with Gasteiger partial charge in [-0.3, -0.25) is 9.59 Å². The molecule has 0 aliphatic rings. The van der Waals surface area contributed by atoms with E-state index in [-0.39, 0.29) is 18.5 Å². The number of amides is 1. The van der Waals surface area contributed by atoms with Crippen LogP contribution in [0.1, 0.15) is 515 Å². The number of unbranched alkanes of at least 4 members (excludes halogenated alkanes) is 72. The molecule has 0 fully saturated rings. The molecule has 0 aromatic heterocycles. The maximum atomic E-state index is 12.6. The highest BCUT2D eigenvalue weighted by Crippen LogP contribution is 2.21. The van der Waals surface area contributed by atoms with Crippen molar-refractivity contribution in [1.82, 2.24) is 5.32 Å². The molecule has 0 radical (unpaired) electrons. The molecule has 0 heterocycles. The Kier molecular flexibility index (Phi) is 81.3. The average molecular weight is 1300 g/mol. The van der Waals surface area contributed by atoms with Crippen molar-refractivity contribution in [2.45, 2.75) is 527 Å². The molecular weight excluding hydrogens is 1130 g/mol. The monoisotopic (exact) mass is 1300 g/mol. The number of ether oxygens (including phenoxy) is 1. The first kappa shape index (κ1) is 90.9. The van der Waals surface area contributed by atoms with E-state index in [9.17, 15) is 19.8 Å². The fourth-order valence-corrected chi connectivity index (χ4v) is 14.4. The third-order valence-corrected chi connectivity index (χ3v) is 20.9. The zero-order valence-electron chi connectivity index (χ0n) is 63.3. The zero-order valence-corrected chi connectivity index (χ0v) is 63.3. The topological polar surface area (TPSA) is 95.9 Å². The molecule has 0 aliphatic carbocycles. The summed E-state index contributed by atoms with van der Waals surface area (Å²) in [6, 6.07) is -0.539. The second-order valence-corrected chi connectivity index (χ2v) is 30.2. The summed E-state index contributed by atoms with van der Waals surface area (Å²) in [5.41, 5.74) is 0. The molecular formula is C86H171NO5. The van der Waals surface area contributed by atoms with Crippen LogP contribution < -0.4 is 5.32 Å². The van der Waals surface area contributed by atoms with Gasteiger partial charge in [0.1, 0.15) is 0 Å². The van der Waals surface area contributed by atoms with Crippen molar-refractivity contribution < 1.29 is 24.5 Å². The Morgan fingerprint density at radius 2 is 0.446 bits per heavy atom. The maximum absolute atomic E-state index is 12.6. The standard InChI is InChI=1S/C86H171NO5/c1-3-5-7-9-11-13-15-17-19-21-23-24-25-34-37-40-43-46-50-54-58-62-66-70-74-78-84(89)83(82-88)87-85(90)79-75-71-67-63-59-55-51-47-44-41-38-35-32-30-28-26-27-29-31-33-36-39-42-45-49-53-57-61-65-69-73-77-81-92-86(91)80-76-72-68-64-60-56-52-48-22-20-18-16-14-12-10-8-6-4-2/h83-84,88-89H,3-82H2,1-2H3,(H,87,90). The van der Waals surface area contributed by atoms with Crippen LogP contribution >= 0.6 is 0 Å². The van der Waals surface area contributed by atoms with E-state index in [1.165, 1.54) is 443 Å². The number of aliphatic hydroxyl groups is 2. The van der Waals surface area contributed by atoms with E-state index in [0.29, 0.717) is 25.9 Å². The smallest absolute Gasteiger partial charge is 0.305 e. The highest BCUT2D eigenvalue weighted by atomic mass is 16.5. The minimum atomic E-state index is -0.662. The molecule has 92 heavy (non-hydrogen) atoms. The minimum Gasteiger partial charge on any atom is -0.466 e. The van der Waals surface area contributed by atoms with E-state index < -0.39 is 12.1 Å². The molecule has 6 heteroatoms. The Morgan fingerprint density at radius 3 is 0.663 bits per heavy atom. The highest BCUT2D eigenvalue weighted by molar-refractivity contribution is 5.76. The van der Waals surface area contributed by atoms with Crippen LogP contribution in [0, 0.1) is 0 Å². The lowest BCUT2D eigenvalue weighted by molar-refractivity contribution is -0.143. The first-order valence-corrected chi connectivity index (χ1v) is 43.3. The number of nitrogens with one attached hydrogen (secondary N) is 1. The molecule has 0 saturated heterocycles. The lowest BCUT2D eigenvalue weighted by Crippen LogP contribution is -2.45. The number of hydrogen-bond donors (Lipinski definition) is 3. The van der Waals surface area contributed by atoms with Crippen molar-refractivity contribution in [2.75, 3.05) is 13.2 Å². The Bertz CT molecular complexity index is 1360. The van der Waals surface area contributed by atoms with Crippen molar-refractivity contribution in [2.24, 2.45) is 0 Å². The summed E-state index contributed by atoms with van der Waals surface area (Å²) < 4.78 is 5.52. The number of esters is 1. The van der Waals surface area contributed by atoms with Gasteiger partial charge in [0.2, 0.25) is 5.91 Å². The Labute approximate surface area is 578 Å². The number of carbonyl (C=O) groups excluding carboxylic acids is 2. The molecule has 0 rings (SSSR count). The largest absolute Gasteiger partial charge is 0.466 e. The molecule has 0 aliphatic heterocycles. The number of hydrogen-bond acceptors (Lipinski definition) is 5. The number of carbonyl (C=O) groups is 2. The van der Waals surface area contributed by atoms with E-state index in [0.717, 1.165) is 38.5 Å². The predicted octanol–water partition coefficient (Wildman–Crippen LogP) is 28.8. The normalized spacial score (nSPS) is 12.3. The molecule has 0 aromatic carbocycles. The molecule has 6 nitrogen and oxygen atoms in total. The van der Waals surface area contributed by atoms with Gasteiger partial charge >= 0.3 is 5.97 Å². The third-order valence-electron chi connectivity index (χ3n) is 20.9. The zero-order chi connectivity index (χ0) is 66.3. The first-order chi connectivity index (χ1) is 45.5. The van der Waals surface area contributed by atoms with Crippen molar-refractivity contribution in [1.29, 1.82) is 0 Å². The van der Waals surface area contributed by atoms with Crippen LogP contribution in [0.2, 0.25) is 0 Å². The van der Waals surface area contributed by atoms with Crippen molar-refractivity contribution in [3.05, 3.63) is 0 Å². The van der Waals surface area contributed by atoms with Gasteiger partial charge in [-0.1, -0.05) is 476 Å². The molecule has 1 amide bonds. The van der Waals surface area contributed by atoms with Gasteiger partial charge in [0.05, 0.1) is 25.4 Å². The van der Waals surface area contributed by atoms with Crippen LogP contribution in [0.25, 0.3) is 0 Å². The lowest BCUT2D eigenvalue weighted by atomic mass is 10.0. The van der Waals surface area contributed by atoms with Gasteiger partial charge in [0, 0.05) is 12.8 Å². The molecule has 0 saturated carbocycles. The predicted molar refractivity (Wildman–Crippen MR) is 407 cm³/mol. The average Bonchev–Trinajstić information content (AvgIpc) is 3.77. The molecule has 2 atom stereocenters. The fourth-order valence-electron chi connectivity index (χ4n) is 14.4. The number of aliphatic hydroxyl groups excluding tert-OH is 2. The van der Waals surface area contributed by atoms with Crippen LogP contribution in [0.4, 0.5) is 0 Å². The summed E-state index contributed by atoms with van der Waals surface area (Å²) in [7, 11) is 0. The Balaban J connectivity index is 3.31. The summed E-state index contributed by atoms with van der Waals surface area (Å²) in [5.74, 6) is 0.00428. The summed E-state index contributed by atoms with van der Waals surface area (Å²) >= 11 is 0. The molecule has 2 unspecified atom stereocenters. The number of rotatable bonds is 83. The molecule has 0 aromatic rings. The Hall–Kier alpha value is -1.14. The summed E-state index contributed by atoms with van der Waals surface area (Å²) in [4.78, 5) is 24.7.